The number of halogens is 3. The largest absolute Gasteiger partial charge is 0.389 e. The summed E-state index contributed by atoms with van der Waals surface area (Å²) in [5.41, 5.74) is 0.512. The standard InChI is InChI=1S/C9H10BrF2NO/c10-8-2-1-6(3-9(8)12)13-5-7(14)4-11/h1-3,7,13-14H,4-5H2. The molecule has 1 rings (SSSR count). The Kier molecular flexibility index (Phi) is 4.28. The summed E-state index contributed by atoms with van der Waals surface area (Å²) in [4.78, 5) is 0. The van der Waals surface area contributed by atoms with Gasteiger partial charge >= 0.3 is 0 Å². The predicted octanol–water partition coefficient (Wildman–Crippen LogP) is 2.33. The van der Waals surface area contributed by atoms with Crippen LogP contribution in [0.1, 0.15) is 0 Å². The van der Waals surface area contributed by atoms with Gasteiger partial charge in [-0.2, -0.15) is 0 Å². The molecule has 0 saturated carbocycles. The summed E-state index contributed by atoms with van der Waals surface area (Å²) in [6.07, 6.45) is -1.05. The number of anilines is 1. The highest BCUT2D eigenvalue weighted by Crippen LogP contribution is 2.19. The van der Waals surface area contributed by atoms with Gasteiger partial charge < -0.3 is 10.4 Å². The highest BCUT2D eigenvalue weighted by Gasteiger charge is 2.04. The van der Waals surface area contributed by atoms with E-state index in [1.165, 1.54) is 6.07 Å². The molecule has 78 valence electrons. The number of hydrogen-bond acceptors (Lipinski definition) is 2. The van der Waals surface area contributed by atoms with Gasteiger partial charge in [-0.15, -0.1) is 0 Å². The highest BCUT2D eigenvalue weighted by atomic mass is 79.9. The molecule has 0 aliphatic carbocycles. The molecule has 1 aromatic carbocycles. The third kappa shape index (κ3) is 3.23. The summed E-state index contributed by atoms with van der Waals surface area (Å²) in [7, 11) is 0. The summed E-state index contributed by atoms with van der Waals surface area (Å²) in [6, 6.07) is 4.45. The number of rotatable bonds is 4. The van der Waals surface area contributed by atoms with E-state index in [0.717, 1.165) is 0 Å². The molecule has 0 bridgehead atoms. The smallest absolute Gasteiger partial charge is 0.139 e. The van der Waals surface area contributed by atoms with E-state index < -0.39 is 18.6 Å². The topological polar surface area (TPSA) is 32.3 Å². The third-order valence-corrected chi connectivity index (χ3v) is 2.28. The molecule has 1 unspecified atom stereocenters. The monoisotopic (exact) mass is 265 g/mol. The van der Waals surface area contributed by atoms with Gasteiger partial charge in [0.2, 0.25) is 0 Å². The first-order valence-corrected chi connectivity index (χ1v) is 4.85. The van der Waals surface area contributed by atoms with Gasteiger partial charge in [-0.1, -0.05) is 0 Å². The van der Waals surface area contributed by atoms with Gasteiger partial charge in [0.1, 0.15) is 12.5 Å². The molecule has 2 nitrogen and oxygen atoms in total. The van der Waals surface area contributed by atoms with E-state index in [4.69, 9.17) is 5.11 Å². The van der Waals surface area contributed by atoms with E-state index >= 15 is 0 Å². The van der Waals surface area contributed by atoms with E-state index in [9.17, 15) is 8.78 Å². The second-order valence-electron chi connectivity index (χ2n) is 2.82. The van der Waals surface area contributed by atoms with Crippen LogP contribution in [0.3, 0.4) is 0 Å². The Balaban J connectivity index is 2.55. The van der Waals surface area contributed by atoms with Crippen LogP contribution in [0.4, 0.5) is 14.5 Å². The molecular weight excluding hydrogens is 256 g/mol. The van der Waals surface area contributed by atoms with Crippen molar-refractivity contribution < 1.29 is 13.9 Å². The molecule has 5 heteroatoms. The Labute approximate surface area is 89.1 Å². The zero-order valence-corrected chi connectivity index (χ0v) is 8.89. The van der Waals surface area contributed by atoms with Gasteiger partial charge in [-0.05, 0) is 34.1 Å². The molecular formula is C9H10BrF2NO. The van der Waals surface area contributed by atoms with Crippen molar-refractivity contribution in [2.75, 3.05) is 18.5 Å². The fourth-order valence-corrected chi connectivity index (χ4v) is 1.14. The zero-order valence-electron chi connectivity index (χ0n) is 7.30. The van der Waals surface area contributed by atoms with Crippen molar-refractivity contribution in [3.8, 4) is 0 Å². The number of alkyl halides is 1. The van der Waals surface area contributed by atoms with Crippen LogP contribution >= 0.6 is 15.9 Å². The van der Waals surface area contributed by atoms with Crippen molar-refractivity contribution in [1.82, 2.24) is 0 Å². The van der Waals surface area contributed by atoms with Crippen LogP contribution in [0.25, 0.3) is 0 Å². The summed E-state index contributed by atoms with van der Waals surface area (Å²) in [6.45, 7) is -0.746. The van der Waals surface area contributed by atoms with E-state index in [1.807, 2.05) is 0 Å². The normalized spacial score (nSPS) is 12.6. The van der Waals surface area contributed by atoms with Crippen molar-refractivity contribution in [3.05, 3.63) is 28.5 Å². The number of nitrogens with one attached hydrogen (secondary N) is 1. The van der Waals surface area contributed by atoms with E-state index in [-0.39, 0.29) is 6.54 Å². The van der Waals surface area contributed by atoms with Crippen molar-refractivity contribution in [1.29, 1.82) is 0 Å². The lowest BCUT2D eigenvalue weighted by molar-refractivity contribution is 0.151. The molecule has 0 heterocycles. The number of aliphatic hydroxyl groups is 1. The first-order valence-electron chi connectivity index (χ1n) is 4.06. The minimum atomic E-state index is -1.05. The average Bonchev–Trinajstić information content (AvgIpc) is 2.19. The SMILES string of the molecule is OC(CF)CNc1ccc(Br)c(F)c1. The van der Waals surface area contributed by atoms with Crippen LogP contribution < -0.4 is 5.32 Å². The maximum Gasteiger partial charge on any atom is 0.139 e. The lowest BCUT2D eigenvalue weighted by Crippen LogP contribution is -2.21. The average molecular weight is 266 g/mol. The van der Waals surface area contributed by atoms with Crippen LogP contribution in [0.5, 0.6) is 0 Å². The molecule has 0 fully saturated rings. The van der Waals surface area contributed by atoms with Crippen LogP contribution in [-0.4, -0.2) is 24.4 Å². The molecule has 1 aromatic rings. The molecule has 14 heavy (non-hydrogen) atoms. The Morgan fingerprint density at radius 1 is 1.50 bits per heavy atom. The minimum absolute atomic E-state index is 0.0670. The predicted molar refractivity (Wildman–Crippen MR) is 54.6 cm³/mol. The molecule has 0 aliphatic rings. The Hall–Kier alpha value is -0.680. The van der Waals surface area contributed by atoms with Crippen LogP contribution in [0.15, 0.2) is 22.7 Å². The summed E-state index contributed by atoms with van der Waals surface area (Å²) in [5, 5.41) is 11.6. The first-order chi connectivity index (χ1) is 6.63. The van der Waals surface area contributed by atoms with E-state index in [2.05, 4.69) is 21.2 Å². The van der Waals surface area contributed by atoms with Crippen molar-refractivity contribution in [2.45, 2.75) is 6.10 Å². The second-order valence-corrected chi connectivity index (χ2v) is 3.67. The lowest BCUT2D eigenvalue weighted by Gasteiger charge is -2.09. The summed E-state index contributed by atoms with van der Waals surface area (Å²) >= 11 is 3.01. The van der Waals surface area contributed by atoms with E-state index in [1.54, 1.807) is 12.1 Å². The molecule has 0 aromatic heterocycles. The van der Waals surface area contributed by atoms with Gasteiger partial charge in [0.25, 0.3) is 0 Å². The Bertz CT molecular complexity index is 309. The lowest BCUT2D eigenvalue weighted by atomic mass is 10.3. The Morgan fingerprint density at radius 3 is 2.79 bits per heavy atom. The molecule has 0 saturated heterocycles. The molecule has 0 amide bonds. The molecule has 0 spiro atoms. The molecule has 0 radical (unpaired) electrons. The minimum Gasteiger partial charge on any atom is -0.389 e. The quantitative estimate of drug-likeness (QED) is 0.876. The molecule has 0 aliphatic heterocycles. The first kappa shape index (κ1) is 11.4. The second kappa shape index (κ2) is 5.26. The van der Waals surface area contributed by atoms with Gasteiger partial charge in [-0.3, -0.25) is 0 Å². The van der Waals surface area contributed by atoms with Gasteiger partial charge in [0.05, 0.1) is 10.6 Å². The van der Waals surface area contributed by atoms with Crippen LogP contribution in [-0.2, 0) is 0 Å². The summed E-state index contributed by atoms with van der Waals surface area (Å²) < 4.78 is 25.2. The number of hydrogen-bond donors (Lipinski definition) is 2. The summed E-state index contributed by atoms with van der Waals surface area (Å²) in [5.74, 6) is -0.398. The van der Waals surface area contributed by atoms with Crippen LogP contribution in [0.2, 0.25) is 0 Å². The Morgan fingerprint density at radius 2 is 2.21 bits per heavy atom. The maximum atomic E-state index is 13.0. The third-order valence-electron chi connectivity index (χ3n) is 1.64. The van der Waals surface area contributed by atoms with Crippen molar-refractivity contribution in [2.24, 2.45) is 0 Å². The maximum absolute atomic E-state index is 13.0. The molecule has 1 atom stereocenters. The number of aliphatic hydroxyl groups excluding tert-OH is 1. The fraction of sp³-hybridized carbons (Fsp3) is 0.333. The number of benzene rings is 1. The van der Waals surface area contributed by atoms with Gasteiger partial charge in [0, 0.05) is 12.2 Å². The fourth-order valence-electron chi connectivity index (χ4n) is 0.896. The highest BCUT2D eigenvalue weighted by molar-refractivity contribution is 9.10. The molecule has 2 N–H and O–H groups in total. The zero-order chi connectivity index (χ0) is 10.6. The van der Waals surface area contributed by atoms with Crippen molar-refractivity contribution in [3.63, 3.8) is 0 Å². The van der Waals surface area contributed by atoms with Gasteiger partial charge in [-0.25, -0.2) is 8.78 Å². The van der Waals surface area contributed by atoms with Crippen LogP contribution in [0, 0.1) is 5.82 Å². The van der Waals surface area contributed by atoms with Gasteiger partial charge in [0.15, 0.2) is 0 Å². The van der Waals surface area contributed by atoms with Crippen molar-refractivity contribution >= 4 is 21.6 Å². The van der Waals surface area contributed by atoms with E-state index in [0.29, 0.717) is 10.2 Å².